The fraction of sp³-hybridized carbons (Fsp3) is 0.0714. The van der Waals surface area contributed by atoms with E-state index in [4.69, 9.17) is 11.6 Å². The van der Waals surface area contributed by atoms with Gasteiger partial charge in [-0.3, -0.25) is 4.79 Å². The number of halogens is 3. The maximum absolute atomic E-state index is 13.2. The van der Waals surface area contributed by atoms with Crippen molar-refractivity contribution in [2.75, 3.05) is 0 Å². The van der Waals surface area contributed by atoms with Gasteiger partial charge in [-0.2, -0.15) is 0 Å². The number of ketones is 1. The average molecular weight is 267 g/mol. The van der Waals surface area contributed by atoms with Gasteiger partial charge >= 0.3 is 0 Å². The maximum Gasteiger partial charge on any atom is 0.194 e. The summed E-state index contributed by atoms with van der Waals surface area (Å²) in [5.74, 6) is -1.44. The molecule has 0 unspecified atom stereocenters. The molecule has 0 amide bonds. The normalized spacial score (nSPS) is 10.4. The fourth-order valence-electron chi connectivity index (χ4n) is 1.70. The zero-order valence-electron chi connectivity index (χ0n) is 9.51. The zero-order valence-corrected chi connectivity index (χ0v) is 10.3. The second-order valence-corrected chi connectivity index (χ2v) is 4.38. The molecule has 0 fully saturated rings. The van der Waals surface area contributed by atoms with Gasteiger partial charge in [0.1, 0.15) is 11.6 Å². The number of carbonyl (C=O) groups excluding carboxylic acids is 1. The lowest BCUT2D eigenvalue weighted by atomic mass is 10.0. The molecule has 18 heavy (non-hydrogen) atoms. The molecule has 2 rings (SSSR count). The molecule has 0 saturated carbocycles. The summed E-state index contributed by atoms with van der Waals surface area (Å²) >= 11 is 5.80. The Balaban J connectivity index is 2.47. The zero-order chi connectivity index (χ0) is 13.3. The molecule has 0 aromatic heterocycles. The van der Waals surface area contributed by atoms with Crippen LogP contribution in [-0.4, -0.2) is 5.78 Å². The van der Waals surface area contributed by atoms with E-state index < -0.39 is 17.4 Å². The lowest BCUT2D eigenvalue weighted by Gasteiger charge is -2.05. The molecule has 0 radical (unpaired) electrons. The van der Waals surface area contributed by atoms with Crippen molar-refractivity contribution < 1.29 is 13.6 Å². The lowest BCUT2D eigenvalue weighted by Crippen LogP contribution is -2.03. The van der Waals surface area contributed by atoms with Crippen LogP contribution in [-0.2, 0) is 0 Å². The highest BCUT2D eigenvalue weighted by molar-refractivity contribution is 6.35. The van der Waals surface area contributed by atoms with Crippen molar-refractivity contribution in [1.82, 2.24) is 0 Å². The molecule has 1 nitrogen and oxygen atoms in total. The molecule has 2 aromatic carbocycles. The first kappa shape index (κ1) is 12.7. The van der Waals surface area contributed by atoms with Crippen LogP contribution in [0.5, 0.6) is 0 Å². The number of hydrogen-bond acceptors (Lipinski definition) is 1. The van der Waals surface area contributed by atoms with E-state index in [0.717, 1.165) is 18.2 Å². The minimum absolute atomic E-state index is 0.0157. The van der Waals surface area contributed by atoms with Crippen LogP contribution in [0.4, 0.5) is 8.78 Å². The Hall–Kier alpha value is -1.74. The summed E-state index contributed by atoms with van der Waals surface area (Å²) in [6.07, 6.45) is 0. The monoisotopic (exact) mass is 266 g/mol. The third kappa shape index (κ3) is 2.57. The van der Waals surface area contributed by atoms with Gasteiger partial charge in [0.15, 0.2) is 5.78 Å². The molecule has 0 heterocycles. The van der Waals surface area contributed by atoms with Crippen molar-refractivity contribution in [2.24, 2.45) is 0 Å². The SMILES string of the molecule is Cc1cc(F)cc(C(=O)c2ccc(F)cc2Cl)c1. The minimum Gasteiger partial charge on any atom is -0.289 e. The summed E-state index contributed by atoms with van der Waals surface area (Å²) in [4.78, 5) is 12.1. The molecule has 0 aliphatic rings. The van der Waals surface area contributed by atoms with Crippen molar-refractivity contribution in [1.29, 1.82) is 0 Å². The van der Waals surface area contributed by atoms with Gasteiger partial charge in [0, 0.05) is 11.1 Å². The highest BCUT2D eigenvalue weighted by Gasteiger charge is 2.14. The predicted octanol–water partition coefficient (Wildman–Crippen LogP) is 4.16. The smallest absolute Gasteiger partial charge is 0.194 e. The molecule has 4 heteroatoms. The average Bonchev–Trinajstić information content (AvgIpc) is 2.26. The van der Waals surface area contributed by atoms with Gasteiger partial charge in [-0.25, -0.2) is 8.78 Å². The number of hydrogen-bond donors (Lipinski definition) is 0. The molecule has 0 N–H and O–H groups in total. The second kappa shape index (κ2) is 4.86. The molecule has 0 spiro atoms. The lowest BCUT2D eigenvalue weighted by molar-refractivity contribution is 0.103. The Kier molecular flexibility index (Phi) is 3.43. The van der Waals surface area contributed by atoms with E-state index in [9.17, 15) is 13.6 Å². The van der Waals surface area contributed by atoms with E-state index in [1.165, 1.54) is 12.1 Å². The second-order valence-electron chi connectivity index (χ2n) is 3.97. The van der Waals surface area contributed by atoms with Crippen LogP contribution in [0.15, 0.2) is 36.4 Å². The summed E-state index contributed by atoms with van der Waals surface area (Å²) in [6.45, 7) is 1.69. The van der Waals surface area contributed by atoms with Crippen LogP contribution in [0.1, 0.15) is 21.5 Å². The van der Waals surface area contributed by atoms with Crippen molar-refractivity contribution >= 4 is 17.4 Å². The van der Waals surface area contributed by atoms with Gasteiger partial charge in [0.05, 0.1) is 5.02 Å². The Labute approximate surface area is 108 Å². The third-order valence-electron chi connectivity index (χ3n) is 2.48. The van der Waals surface area contributed by atoms with Gasteiger partial charge in [-0.1, -0.05) is 11.6 Å². The standard InChI is InChI=1S/C14H9ClF2O/c1-8-4-9(6-11(17)5-8)14(18)12-3-2-10(16)7-13(12)15/h2-7H,1H3. The van der Waals surface area contributed by atoms with Crippen LogP contribution < -0.4 is 0 Å². The highest BCUT2D eigenvalue weighted by atomic mass is 35.5. The van der Waals surface area contributed by atoms with Crippen LogP contribution in [0.3, 0.4) is 0 Å². The summed E-state index contributed by atoms with van der Waals surface area (Å²) in [7, 11) is 0. The molecule has 0 aliphatic heterocycles. The van der Waals surface area contributed by atoms with Crippen molar-refractivity contribution in [2.45, 2.75) is 6.92 Å². The molecule has 0 bridgehead atoms. The highest BCUT2D eigenvalue weighted by Crippen LogP contribution is 2.21. The van der Waals surface area contributed by atoms with Gasteiger partial charge in [0.2, 0.25) is 0 Å². The van der Waals surface area contributed by atoms with E-state index >= 15 is 0 Å². The predicted molar refractivity (Wildman–Crippen MR) is 66.0 cm³/mol. The molecular weight excluding hydrogens is 258 g/mol. The van der Waals surface area contributed by atoms with Crippen LogP contribution >= 0.6 is 11.6 Å². The molecular formula is C14H9ClF2O. The van der Waals surface area contributed by atoms with E-state index in [-0.39, 0.29) is 16.1 Å². The van der Waals surface area contributed by atoms with Crippen molar-refractivity contribution in [3.63, 3.8) is 0 Å². The molecule has 0 atom stereocenters. The quantitative estimate of drug-likeness (QED) is 0.746. The van der Waals surface area contributed by atoms with Crippen molar-refractivity contribution in [3.05, 3.63) is 69.7 Å². The Bertz CT molecular complexity index is 603. The summed E-state index contributed by atoms with van der Waals surface area (Å²) in [6, 6.07) is 7.51. The van der Waals surface area contributed by atoms with E-state index in [1.54, 1.807) is 13.0 Å². The van der Waals surface area contributed by atoms with E-state index in [1.807, 2.05) is 0 Å². The molecule has 2 aromatic rings. The summed E-state index contributed by atoms with van der Waals surface area (Å²) in [5.41, 5.74) is 0.987. The first-order valence-electron chi connectivity index (χ1n) is 5.24. The molecule has 0 saturated heterocycles. The Morgan fingerprint density at radius 3 is 2.39 bits per heavy atom. The van der Waals surface area contributed by atoms with Gasteiger partial charge in [-0.15, -0.1) is 0 Å². The van der Waals surface area contributed by atoms with Crippen molar-refractivity contribution in [3.8, 4) is 0 Å². The fourth-order valence-corrected chi connectivity index (χ4v) is 1.95. The van der Waals surface area contributed by atoms with Crippen LogP contribution in [0.2, 0.25) is 5.02 Å². The van der Waals surface area contributed by atoms with E-state index in [0.29, 0.717) is 5.56 Å². The molecule has 0 aliphatic carbocycles. The van der Waals surface area contributed by atoms with Crippen LogP contribution in [0, 0.1) is 18.6 Å². The first-order chi connectivity index (χ1) is 8.47. The third-order valence-corrected chi connectivity index (χ3v) is 2.79. The minimum atomic E-state index is -0.521. The Morgan fingerprint density at radius 2 is 1.78 bits per heavy atom. The largest absolute Gasteiger partial charge is 0.289 e. The van der Waals surface area contributed by atoms with Crippen LogP contribution in [0.25, 0.3) is 0 Å². The number of benzene rings is 2. The molecule has 92 valence electrons. The summed E-state index contributed by atoms with van der Waals surface area (Å²) in [5, 5.41) is 0.0157. The van der Waals surface area contributed by atoms with Gasteiger partial charge in [0.25, 0.3) is 0 Å². The van der Waals surface area contributed by atoms with E-state index in [2.05, 4.69) is 0 Å². The van der Waals surface area contributed by atoms with Gasteiger partial charge in [-0.05, 0) is 48.9 Å². The topological polar surface area (TPSA) is 17.1 Å². The first-order valence-corrected chi connectivity index (χ1v) is 5.62. The number of carbonyl (C=O) groups is 1. The Morgan fingerprint density at radius 1 is 1.06 bits per heavy atom. The maximum atomic E-state index is 13.2. The number of rotatable bonds is 2. The van der Waals surface area contributed by atoms with Gasteiger partial charge < -0.3 is 0 Å². The number of aryl methyl sites for hydroxylation is 1. The summed E-state index contributed by atoms with van der Waals surface area (Å²) < 4.78 is 26.1.